The Kier molecular flexibility index (Phi) is 8.88. The van der Waals surface area contributed by atoms with Gasteiger partial charge in [0.15, 0.2) is 0 Å². The van der Waals surface area contributed by atoms with E-state index < -0.39 is 0 Å². The van der Waals surface area contributed by atoms with Gasteiger partial charge < -0.3 is 9.80 Å². The number of aromatic nitrogens is 2. The highest BCUT2D eigenvalue weighted by Crippen LogP contribution is 2.32. The topological polar surface area (TPSA) is 69.6 Å². The molecule has 0 spiro atoms. The maximum absolute atomic E-state index is 13.2. The van der Waals surface area contributed by atoms with Gasteiger partial charge >= 0.3 is 0 Å². The molecule has 4 heterocycles. The van der Waals surface area contributed by atoms with Crippen LogP contribution in [-0.4, -0.2) is 81.5 Å². The molecule has 0 unspecified atom stereocenters. The number of hydrogen-bond donors (Lipinski definition) is 0. The second kappa shape index (κ2) is 12.7. The summed E-state index contributed by atoms with van der Waals surface area (Å²) in [4.78, 5) is 41.7. The molecule has 2 saturated heterocycles. The number of rotatable bonds is 8. The van der Waals surface area contributed by atoms with Crippen molar-refractivity contribution in [1.82, 2.24) is 24.7 Å². The highest BCUT2D eigenvalue weighted by Gasteiger charge is 2.29. The van der Waals surface area contributed by atoms with Gasteiger partial charge in [0.05, 0.1) is 10.6 Å². The first-order chi connectivity index (χ1) is 18.6. The average Bonchev–Trinajstić information content (AvgIpc) is 3.47. The van der Waals surface area contributed by atoms with E-state index in [0.717, 1.165) is 55.6 Å². The number of piperidine rings is 1. The summed E-state index contributed by atoms with van der Waals surface area (Å²) in [5.41, 5.74) is 2.51. The van der Waals surface area contributed by atoms with Crippen LogP contribution >= 0.6 is 23.1 Å². The zero-order valence-corrected chi connectivity index (χ0v) is 23.1. The van der Waals surface area contributed by atoms with Crippen molar-refractivity contribution in [1.29, 1.82) is 0 Å². The van der Waals surface area contributed by atoms with Crippen LogP contribution in [0.25, 0.3) is 0 Å². The van der Waals surface area contributed by atoms with Crippen molar-refractivity contribution < 1.29 is 9.59 Å². The van der Waals surface area contributed by atoms with Crippen molar-refractivity contribution in [3.05, 3.63) is 88.5 Å². The van der Waals surface area contributed by atoms with E-state index in [-0.39, 0.29) is 17.7 Å². The van der Waals surface area contributed by atoms with E-state index >= 15 is 0 Å². The van der Waals surface area contributed by atoms with E-state index in [4.69, 9.17) is 4.98 Å². The normalized spacial score (nSPS) is 16.9. The fourth-order valence-electron chi connectivity index (χ4n) is 4.99. The number of likely N-dealkylation sites (tertiary alicyclic amines) is 1. The Bertz CT molecular complexity index is 1250. The molecule has 9 heteroatoms. The Morgan fingerprint density at radius 2 is 1.71 bits per heavy atom. The van der Waals surface area contributed by atoms with Crippen LogP contribution in [0.15, 0.2) is 71.7 Å². The smallest absolute Gasteiger partial charge is 0.273 e. The maximum atomic E-state index is 13.2. The number of benzene rings is 1. The highest BCUT2D eigenvalue weighted by molar-refractivity contribution is 7.99. The zero-order valence-electron chi connectivity index (χ0n) is 21.5. The van der Waals surface area contributed by atoms with Gasteiger partial charge in [0.1, 0.15) is 10.7 Å². The molecule has 0 atom stereocenters. The number of thioether (sulfide) groups is 1. The van der Waals surface area contributed by atoms with Crippen LogP contribution in [0, 0.1) is 0 Å². The number of hydrogen-bond acceptors (Lipinski definition) is 7. The SMILES string of the molecule is C=CCSc1ncccc1C(=O)N1CCC(c2nc(C(=O)N3CCN(Cc4ccccc4)CC3)cs2)CC1. The molecule has 5 rings (SSSR count). The third-order valence-electron chi connectivity index (χ3n) is 7.12. The Morgan fingerprint density at radius 3 is 2.45 bits per heavy atom. The van der Waals surface area contributed by atoms with E-state index in [1.54, 1.807) is 17.5 Å². The van der Waals surface area contributed by atoms with Gasteiger partial charge in [-0.2, -0.15) is 0 Å². The van der Waals surface area contributed by atoms with Crippen LogP contribution in [0.2, 0.25) is 0 Å². The van der Waals surface area contributed by atoms with Crippen LogP contribution < -0.4 is 0 Å². The molecular weight excluding hydrogens is 514 g/mol. The average molecular weight is 548 g/mol. The monoisotopic (exact) mass is 547 g/mol. The minimum absolute atomic E-state index is 0.0283. The number of amides is 2. The molecule has 3 aromatic rings. The molecule has 0 bridgehead atoms. The Hall–Kier alpha value is -3.01. The molecule has 2 amide bonds. The second-order valence-electron chi connectivity index (χ2n) is 9.65. The van der Waals surface area contributed by atoms with E-state index in [9.17, 15) is 9.59 Å². The van der Waals surface area contributed by atoms with Crippen molar-refractivity contribution in [2.75, 3.05) is 45.0 Å². The lowest BCUT2D eigenvalue weighted by Gasteiger charge is -2.34. The van der Waals surface area contributed by atoms with Gasteiger partial charge in [-0.3, -0.25) is 14.5 Å². The molecule has 2 aliphatic heterocycles. The molecule has 0 radical (unpaired) electrons. The number of piperazine rings is 1. The third-order valence-corrected chi connectivity index (χ3v) is 9.13. The molecule has 0 aliphatic carbocycles. The predicted molar refractivity (Wildman–Crippen MR) is 153 cm³/mol. The molecule has 1 aromatic carbocycles. The third kappa shape index (κ3) is 6.34. The summed E-state index contributed by atoms with van der Waals surface area (Å²) in [6.45, 7) is 9.21. The number of carbonyl (C=O) groups is 2. The highest BCUT2D eigenvalue weighted by atomic mass is 32.2. The second-order valence-corrected chi connectivity index (χ2v) is 11.5. The standard InChI is InChI=1S/C29H33N5O2S2/c1-2-19-37-27-24(9-6-12-30-27)28(35)33-13-10-23(11-14-33)26-31-25(21-38-26)29(36)34-17-15-32(16-18-34)20-22-7-4-3-5-8-22/h2-9,12,21,23H,1,10-11,13-20H2. The predicted octanol–water partition coefficient (Wildman–Crippen LogP) is 4.79. The van der Waals surface area contributed by atoms with Gasteiger partial charge in [-0.05, 0) is 30.5 Å². The number of thiazole rings is 1. The maximum Gasteiger partial charge on any atom is 0.273 e. The molecule has 2 aromatic heterocycles. The largest absolute Gasteiger partial charge is 0.339 e. The zero-order chi connectivity index (χ0) is 26.3. The lowest BCUT2D eigenvalue weighted by Crippen LogP contribution is -2.48. The molecule has 7 nitrogen and oxygen atoms in total. The minimum atomic E-state index is 0.0283. The van der Waals surface area contributed by atoms with Gasteiger partial charge in [0.25, 0.3) is 11.8 Å². The van der Waals surface area contributed by atoms with Crippen molar-refractivity contribution in [2.24, 2.45) is 0 Å². The van der Waals surface area contributed by atoms with Crippen LogP contribution in [-0.2, 0) is 6.54 Å². The molecular formula is C29H33N5O2S2. The summed E-state index contributed by atoms with van der Waals surface area (Å²) in [6.07, 6.45) is 5.24. The van der Waals surface area contributed by atoms with Crippen LogP contribution in [0.3, 0.4) is 0 Å². The number of carbonyl (C=O) groups excluding carboxylic acids is 2. The van der Waals surface area contributed by atoms with Gasteiger partial charge in [0, 0.05) is 69.1 Å². The quantitative estimate of drug-likeness (QED) is 0.298. The molecule has 198 valence electrons. The summed E-state index contributed by atoms with van der Waals surface area (Å²) in [7, 11) is 0. The van der Waals surface area contributed by atoms with E-state index in [1.165, 1.54) is 17.3 Å². The number of nitrogens with zero attached hydrogens (tertiary/aromatic N) is 5. The van der Waals surface area contributed by atoms with Crippen molar-refractivity contribution >= 4 is 34.9 Å². The van der Waals surface area contributed by atoms with Crippen LogP contribution in [0.1, 0.15) is 50.2 Å². The van der Waals surface area contributed by atoms with E-state index in [1.807, 2.05) is 39.5 Å². The summed E-state index contributed by atoms with van der Waals surface area (Å²) in [6, 6.07) is 14.1. The summed E-state index contributed by atoms with van der Waals surface area (Å²) < 4.78 is 0. The van der Waals surface area contributed by atoms with Gasteiger partial charge in [0.2, 0.25) is 0 Å². The first-order valence-electron chi connectivity index (χ1n) is 13.1. The Balaban J connectivity index is 1.12. The molecule has 0 N–H and O–H groups in total. The molecule has 2 aliphatic rings. The van der Waals surface area contributed by atoms with Crippen molar-refractivity contribution in [2.45, 2.75) is 30.3 Å². The van der Waals surface area contributed by atoms with Crippen molar-refractivity contribution in [3.8, 4) is 0 Å². The van der Waals surface area contributed by atoms with Gasteiger partial charge in [-0.15, -0.1) is 29.7 Å². The lowest BCUT2D eigenvalue weighted by molar-refractivity contribution is 0.0623. The van der Waals surface area contributed by atoms with Crippen LogP contribution in [0.5, 0.6) is 0 Å². The fraction of sp³-hybridized carbons (Fsp3) is 0.379. The van der Waals surface area contributed by atoms with E-state index in [2.05, 4.69) is 40.7 Å². The first kappa shape index (κ1) is 26.6. The van der Waals surface area contributed by atoms with Gasteiger partial charge in [-0.1, -0.05) is 36.4 Å². The summed E-state index contributed by atoms with van der Waals surface area (Å²) in [5.74, 6) is 1.05. The van der Waals surface area contributed by atoms with Crippen molar-refractivity contribution in [3.63, 3.8) is 0 Å². The molecule has 0 saturated carbocycles. The Morgan fingerprint density at radius 1 is 0.974 bits per heavy atom. The summed E-state index contributed by atoms with van der Waals surface area (Å²) >= 11 is 3.10. The van der Waals surface area contributed by atoms with Crippen LogP contribution in [0.4, 0.5) is 0 Å². The number of pyridine rings is 1. The lowest BCUT2D eigenvalue weighted by atomic mass is 9.97. The molecule has 38 heavy (non-hydrogen) atoms. The Labute approximate surface area is 232 Å². The summed E-state index contributed by atoms with van der Waals surface area (Å²) in [5, 5.41) is 3.67. The van der Waals surface area contributed by atoms with Gasteiger partial charge in [-0.25, -0.2) is 9.97 Å². The minimum Gasteiger partial charge on any atom is -0.339 e. The molecule has 2 fully saturated rings. The fourth-order valence-corrected chi connectivity index (χ4v) is 6.68. The first-order valence-corrected chi connectivity index (χ1v) is 15.0. The van der Waals surface area contributed by atoms with E-state index in [0.29, 0.717) is 30.1 Å².